The van der Waals surface area contributed by atoms with Gasteiger partial charge in [0.15, 0.2) is 0 Å². The minimum absolute atomic E-state index is 0.292. The lowest BCUT2D eigenvalue weighted by molar-refractivity contribution is 0.588. The normalized spacial score (nSPS) is 19.1. The van der Waals surface area contributed by atoms with Crippen LogP contribution in [-0.2, 0) is 16.4 Å². The average molecular weight is 266 g/mol. The zero-order valence-corrected chi connectivity index (χ0v) is 11.3. The number of anilines is 2. The molecule has 5 heteroatoms. The summed E-state index contributed by atoms with van der Waals surface area (Å²) in [6.07, 6.45) is 2.90. The van der Waals surface area contributed by atoms with E-state index in [2.05, 4.69) is 0 Å². The van der Waals surface area contributed by atoms with Crippen molar-refractivity contribution in [1.29, 1.82) is 0 Å². The molecule has 1 aliphatic carbocycles. The summed E-state index contributed by atoms with van der Waals surface area (Å²) in [5.74, 6) is 0.669. The minimum Gasteiger partial charge on any atom is -0.398 e. The lowest BCUT2D eigenvalue weighted by Crippen LogP contribution is -2.32. The van der Waals surface area contributed by atoms with Crippen molar-refractivity contribution in [3.05, 3.63) is 23.3 Å². The summed E-state index contributed by atoms with van der Waals surface area (Å²) >= 11 is 0. The molecule has 0 bridgehead atoms. The van der Waals surface area contributed by atoms with E-state index < -0.39 is 10.0 Å². The Labute approximate surface area is 108 Å². The Hall–Kier alpha value is -1.23. The Bertz CT molecular complexity index is 591. The Balaban J connectivity index is 1.96. The first kappa shape index (κ1) is 11.8. The number of hydrogen-bond acceptors (Lipinski definition) is 3. The van der Waals surface area contributed by atoms with Crippen LogP contribution in [0.5, 0.6) is 0 Å². The molecule has 3 rings (SSSR count). The second-order valence-corrected chi connectivity index (χ2v) is 7.32. The van der Waals surface area contributed by atoms with E-state index in [0.717, 1.165) is 36.1 Å². The fourth-order valence-electron chi connectivity index (χ4n) is 2.51. The van der Waals surface area contributed by atoms with E-state index in [9.17, 15) is 8.42 Å². The van der Waals surface area contributed by atoms with Crippen LogP contribution in [0, 0.1) is 12.8 Å². The smallest absolute Gasteiger partial charge is 0.235 e. The number of hydrogen-bond donors (Lipinski definition) is 1. The number of nitrogens with two attached hydrogens (primary N) is 1. The van der Waals surface area contributed by atoms with Crippen molar-refractivity contribution >= 4 is 21.4 Å². The Kier molecular flexibility index (Phi) is 2.55. The number of fused-ring (bicyclic) bond motifs is 1. The first-order valence-electron chi connectivity index (χ1n) is 6.37. The van der Waals surface area contributed by atoms with E-state index in [1.165, 1.54) is 0 Å². The third kappa shape index (κ3) is 1.96. The second-order valence-electron chi connectivity index (χ2n) is 5.38. The van der Waals surface area contributed by atoms with Crippen LogP contribution in [0.4, 0.5) is 11.4 Å². The fraction of sp³-hybridized carbons (Fsp3) is 0.538. The highest BCUT2D eigenvalue weighted by molar-refractivity contribution is 7.92. The Morgan fingerprint density at radius 1 is 1.39 bits per heavy atom. The molecule has 1 aliphatic heterocycles. The minimum atomic E-state index is -3.16. The largest absolute Gasteiger partial charge is 0.398 e. The Morgan fingerprint density at radius 3 is 2.78 bits per heavy atom. The van der Waals surface area contributed by atoms with Gasteiger partial charge in [-0.25, -0.2) is 8.42 Å². The van der Waals surface area contributed by atoms with Gasteiger partial charge in [0.05, 0.1) is 11.4 Å². The molecular formula is C13H18N2O2S. The van der Waals surface area contributed by atoms with Crippen LogP contribution in [0.1, 0.15) is 24.0 Å². The van der Waals surface area contributed by atoms with Crippen LogP contribution in [0.15, 0.2) is 12.1 Å². The summed E-state index contributed by atoms with van der Waals surface area (Å²) in [7, 11) is -3.16. The fourth-order valence-corrected chi connectivity index (χ4v) is 4.46. The summed E-state index contributed by atoms with van der Waals surface area (Å²) in [5, 5.41) is 0. The molecule has 0 unspecified atom stereocenters. The monoisotopic (exact) mass is 266 g/mol. The summed E-state index contributed by atoms with van der Waals surface area (Å²) in [6.45, 7) is 2.52. The van der Waals surface area contributed by atoms with Crippen molar-refractivity contribution in [2.75, 3.05) is 22.3 Å². The van der Waals surface area contributed by atoms with Gasteiger partial charge < -0.3 is 5.73 Å². The van der Waals surface area contributed by atoms with Gasteiger partial charge in [0.2, 0.25) is 10.0 Å². The molecule has 1 aromatic carbocycles. The van der Waals surface area contributed by atoms with Crippen LogP contribution in [0.3, 0.4) is 0 Å². The van der Waals surface area contributed by atoms with Crippen molar-refractivity contribution in [2.45, 2.75) is 26.2 Å². The summed E-state index contributed by atoms with van der Waals surface area (Å²) in [5.41, 5.74) is 9.47. The standard InChI is InChI=1S/C13H18N2O2S/c1-9-6-11-4-5-15(13(11)7-12(9)14)18(16,17)8-10-2-3-10/h6-7,10H,2-5,8,14H2,1H3. The first-order chi connectivity index (χ1) is 8.47. The highest BCUT2D eigenvalue weighted by atomic mass is 32.2. The van der Waals surface area contributed by atoms with Crippen molar-refractivity contribution in [2.24, 2.45) is 5.92 Å². The van der Waals surface area contributed by atoms with Crippen molar-refractivity contribution in [1.82, 2.24) is 0 Å². The first-order valence-corrected chi connectivity index (χ1v) is 7.98. The van der Waals surface area contributed by atoms with Gasteiger partial charge in [-0.2, -0.15) is 0 Å². The molecule has 0 saturated heterocycles. The number of nitrogens with zero attached hydrogens (tertiary/aromatic N) is 1. The SMILES string of the molecule is Cc1cc2c(cc1N)N(S(=O)(=O)CC1CC1)CC2. The quantitative estimate of drug-likeness (QED) is 0.847. The molecule has 18 heavy (non-hydrogen) atoms. The van der Waals surface area contributed by atoms with Gasteiger partial charge in [0.1, 0.15) is 0 Å². The molecule has 4 nitrogen and oxygen atoms in total. The highest BCUT2D eigenvalue weighted by Gasteiger charge is 2.35. The molecule has 1 heterocycles. The zero-order valence-electron chi connectivity index (χ0n) is 10.5. The maximum Gasteiger partial charge on any atom is 0.235 e. The van der Waals surface area contributed by atoms with E-state index in [1.54, 1.807) is 4.31 Å². The van der Waals surface area contributed by atoms with Crippen LogP contribution in [0.25, 0.3) is 0 Å². The topological polar surface area (TPSA) is 63.4 Å². The van der Waals surface area contributed by atoms with Crippen LogP contribution < -0.4 is 10.0 Å². The van der Waals surface area contributed by atoms with Crippen LogP contribution in [-0.4, -0.2) is 20.7 Å². The van der Waals surface area contributed by atoms with Gasteiger partial charge in [-0.3, -0.25) is 4.31 Å². The van der Waals surface area contributed by atoms with Gasteiger partial charge in [-0.15, -0.1) is 0 Å². The predicted octanol–water partition coefficient (Wildman–Crippen LogP) is 1.68. The number of benzene rings is 1. The van der Waals surface area contributed by atoms with E-state index >= 15 is 0 Å². The lowest BCUT2D eigenvalue weighted by atomic mass is 10.1. The number of nitrogen functional groups attached to an aromatic ring is 1. The maximum atomic E-state index is 12.3. The third-order valence-corrected chi connectivity index (χ3v) is 5.74. The third-order valence-electron chi connectivity index (χ3n) is 3.80. The molecule has 2 aliphatic rings. The molecule has 0 spiro atoms. The molecule has 1 aromatic rings. The van der Waals surface area contributed by atoms with E-state index in [1.807, 2.05) is 19.1 Å². The summed E-state index contributed by atoms with van der Waals surface area (Å²) in [4.78, 5) is 0. The van der Waals surface area contributed by atoms with Gasteiger partial charge in [0.25, 0.3) is 0 Å². The van der Waals surface area contributed by atoms with Crippen LogP contribution >= 0.6 is 0 Å². The Morgan fingerprint density at radius 2 is 2.11 bits per heavy atom. The molecule has 1 fully saturated rings. The van der Waals surface area contributed by atoms with Crippen molar-refractivity contribution in [3.63, 3.8) is 0 Å². The number of sulfonamides is 1. The van der Waals surface area contributed by atoms with Crippen LogP contribution in [0.2, 0.25) is 0 Å². The van der Waals surface area contributed by atoms with E-state index in [4.69, 9.17) is 5.73 Å². The molecule has 0 atom stereocenters. The number of rotatable bonds is 3. The van der Waals surface area contributed by atoms with Crippen molar-refractivity contribution < 1.29 is 8.42 Å². The average Bonchev–Trinajstić information content (AvgIpc) is 2.98. The van der Waals surface area contributed by atoms with Gasteiger partial charge in [0, 0.05) is 12.2 Å². The second kappa shape index (κ2) is 3.88. The molecule has 0 aromatic heterocycles. The number of aryl methyl sites for hydroxylation is 1. The van der Waals surface area contributed by atoms with Gasteiger partial charge >= 0.3 is 0 Å². The molecule has 0 amide bonds. The zero-order chi connectivity index (χ0) is 12.9. The van der Waals surface area contributed by atoms with Gasteiger partial charge in [-0.05, 0) is 49.3 Å². The molecule has 0 radical (unpaired) electrons. The molecule has 2 N–H and O–H groups in total. The maximum absolute atomic E-state index is 12.3. The lowest BCUT2D eigenvalue weighted by Gasteiger charge is -2.20. The van der Waals surface area contributed by atoms with E-state index in [-0.39, 0.29) is 0 Å². The van der Waals surface area contributed by atoms with Gasteiger partial charge in [-0.1, -0.05) is 6.07 Å². The van der Waals surface area contributed by atoms with Crippen molar-refractivity contribution in [3.8, 4) is 0 Å². The highest BCUT2D eigenvalue weighted by Crippen LogP contribution is 2.37. The summed E-state index contributed by atoms with van der Waals surface area (Å²) in [6, 6.07) is 3.82. The molecular weight excluding hydrogens is 248 g/mol. The predicted molar refractivity (Wildman–Crippen MR) is 73.2 cm³/mol. The molecule has 1 saturated carbocycles. The summed E-state index contributed by atoms with van der Waals surface area (Å²) < 4.78 is 26.2. The molecule has 98 valence electrons. The van der Waals surface area contributed by atoms with E-state index in [0.29, 0.717) is 23.9 Å².